The van der Waals surface area contributed by atoms with E-state index >= 15 is 0 Å². The molecule has 68 valence electrons. The lowest BCUT2D eigenvalue weighted by molar-refractivity contribution is 0.413. The first-order valence-corrected chi connectivity index (χ1v) is 4.49. The number of hydrogen-bond donors (Lipinski definition) is 1. The van der Waals surface area contributed by atoms with Crippen LogP contribution in [0, 0.1) is 17.2 Å². The number of nitrogens with zero attached hydrogens (tertiary/aromatic N) is 3. The highest BCUT2D eigenvalue weighted by atomic mass is 15.3. The van der Waals surface area contributed by atoms with E-state index in [1.165, 1.54) is 12.8 Å². The van der Waals surface area contributed by atoms with Gasteiger partial charge in [0, 0.05) is 6.20 Å². The molecule has 2 N–H and O–H groups in total. The largest absolute Gasteiger partial charge is 0.382 e. The smallest absolute Gasteiger partial charge is 0.145 e. The minimum absolute atomic E-state index is 0.238. The van der Waals surface area contributed by atoms with Crippen LogP contribution in [0.3, 0.4) is 0 Å². The molecule has 0 radical (unpaired) electrons. The Labute approximate surface area is 77.0 Å². The van der Waals surface area contributed by atoms with Gasteiger partial charge in [-0.3, -0.25) is 4.68 Å². The van der Waals surface area contributed by atoms with Gasteiger partial charge in [-0.05, 0) is 24.8 Å². The lowest BCUT2D eigenvalue weighted by Crippen LogP contribution is -2.11. The highest BCUT2D eigenvalue weighted by molar-refractivity contribution is 5.24. The van der Waals surface area contributed by atoms with Crippen molar-refractivity contribution < 1.29 is 0 Å². The zero-order valence-corrected chi connectivity index (χ0v) is 7.35. The van der Waals surface area contributed by atoms with Crippen LogP contribution in [0.15, 0.2) is 12.3 Å². The second-order valence-corrected chi connectivity index (χ2v) is 3.49. The summed E-state index contributed by atoms with van der Waals surface area (Å²) < 4.78 is 1.83. The number of nitrogens with two attached hydrogens (primary N) is 1. The number of aromatic nitrogens is 2. The van der Waals surface area contributed by atoms with Gasteiger partial charge in [-0.15, -0.1) is 0 Å². The number of nitrogen functional groups attached to an aromatic ring is 1. The van der Waals surface area contributed by atoms with E-state index in [9.17, 15) is 0 Å². The Morgan fingerprint density at radius 2 is 2.54 bits per heavy atom. The zero-order chi connectivity index (χ0) is 9.26. The summed E-state index contributed by atoms with van der Waals surface area (Å²) in [6.45, 7) is 0. The summed E-state index contributed by atoms with van der Waals surface area (Å²) >= 11 is 0. The molecule has 0 bridgehead atoms. The first kappa shape index (κ1) is 8.11. The molecule has 1 aromatic heterocycles. The molecule has 1 atom stereocenters. The summed E-state index contributed by atoms with van der Waals surface area (Å²) in [4.78, 5) is 0. The standard InChI is InChI=1S/C9H12N4/c10-5-3-8(7-1-2-7)13-6-4-9(11)12-13/h4,6-8H,1-3H2,(H2,11,12). The van der Waals surface area contributed by atoms with Crippen LogP contribution in [0.25, 0.3) is 0 Å². The second-order valence-electron chi connectivity index (χ2n) is 3.49. The average Bonchev–Trinajstić information content (AvgIpc) is 2.85. The quantitative estimate of drug-likeness (QED) is 0.755. The predicted octanol–water partition coefficient (Wildman–Crippen LogP) is 1.33. The van der Waals surface area contributed by atoms with Crippen molar-refractivity contribution in [3.05, 3.63) is 12.3 Å². The summed E-state index contributed by atoms with van der Waals surface area (Å²) in [5, 5.41) is 12.8. The van der Waals surface area contributed by atoms with Crippen molar-refractivity contribution in [3.8, 4) is 6.07 Å². The Morgan fingerprint density at radius 1 is 1.77 bits per heavy atom. The van der Waals surface area contributed by atoms with E-state index in [0.717, 1.165) is 0 Å². The molecule has 2 rings (SSSR count). The van der Waals surface area contributed by atoms with Gasteiger partial charge in [-0.1, -0.05) is 0 Å². The third kappa shape index (κ3) is 1.64. The van der Waals surface area contributed by atoms with Crippen LogP contribution in [0.5, 0.6) is 0 Å². The highest BCUT2D eigenvalue weighted by Crippen LogP contribution is 2.41. The van der Waals surface area contributed by atoms with E-state index in [4.69, 9.17) is 11.0 Å². The maximum Gasteiger partial charge on any atom is 0.145 e. The van der Waals surface area contributed by atoms with Crippen LogP contribution in [-0.2, 0) is 0 Å². The fourth-order valence-electron chi connectivity index (χ4n) is 1.59. The molecule has 1 aliphatic carbocycles. The fraction of sp³-hybridized carbons (Fsp3) is 0.556. The van der Waals surface area contributed by atoms with Crippen LogP contribution in [0.1, 0.15) is 25.3 Å². The molecule has 1 heterocycles. The molecule has 0 aliphatic heterocycles. The molecule has 1 aromatic rings. The third-order valence-electron chi connectivity index (χ3n) is 2.44. The molecular weight excluding hydrogens is 164 g/mol. The molecular formula is C9H12N4. The fourth-order valence-corrected chi connectivity index (χ4v) is 1.59. The van der Waals surface area contributed by atoms with Gasteiger partial charge in [0.15, 0.2) is 0 Å². The molecule has 4 nitrogen and oxygen atoms in total. The summed E-state index contributed by atoms with van der Waals surface area (Å²) in [7, 11) is 0. The first-order valence-electron chi connectivity index (χ1n) is 4.49. The van der Waals surface area contributed by atoms with Gasteiger partial charge in [0.1, 0.15) is 5.82 Å². The van der Waals surface area contributed by atoms with Crippen LogP contribution < -0.4 is 5.73 Å². The summed E-state index contributed by atoms with van der Waals surface area (Å²) in [5.74, 6) is 1.17. The maximum atomic E-state index is 8.66. The van der Waals surface area contributed by atoms with Gasteiger partial charge in [-0.2, -0.15) is 10.4 Å². The van der Waals surface area contributed by atoms with Gasteiger partial charge >= 0.3 is 0 Å². The maximum absolute atomic E-state index is 8.66. The van der Waals surface area contributed by atoms with Crippen molar-refractivity contribution in [2.45, 2.75) is 25.3 Å². The number of hydrogen-bond acceptors (Lipinski definition) is 3. The minimum atomic E-state index is 0.238. The van der Waals surface area contributed by atoms with Crippen LogP contribution in [0.2, 0.25) is 0 Å². The Bertz CT molecular complexity index is 332. The number of nitriles is 1. The first-order chi connectivity index (χ1) is 6.31. The monoisotopic (exact) mass is 176 g/mol. The van der Waals surface area contributed by atoms with Crippen molar-refractivity contribution in [1.29, 1.82) is 5.26 Å². The summed E-state index contributed by atoms with van der Waals surface area (Å²) in [6.07, 6.45) is 4.82. The Balaban J connectivity index is 2.15. The summed E-state index contributed by atoms with van der Waals surface area (Å²) in [6, 6.07) is 4.20. The van der Waals surface area contributed by atoms with Gasteiger partial charge in [-0.25, -0.2) is 0 Å². The molecule has 13 heavy (non-hydrogen) atoms. The van der Waals surface area contributed by atoms with Crippen molar-refractivity contribution in [2.75, 3.05) is 5.73 Å². The van der Waals surface area contributed by atoms with E-state index < -0.39 is 0 Å². The molecule has 0 saturated heterocycles. The van der Waals surface area contributed by atoms with E-state index in [2.05, 4.69) is 11.2 Å². The molecule has 0 spiro atoms. The lowest BCUT2D eigenvalue weighted by Gasteiger charge is -2.12. The molecule has 1 unspecified atom stereocenters. The van der Waals surface area contributed by atoms with Gasteiger partial charge in [0.2, 0.25) is 0 Å². The third-order valence-corrected chi connectivity index (χ3v) is 2.44. The molecule has 0 aromatic carbocycles. The van der Waals surface area contributed by atoms with E-state index in [1.54, 1.807) is 6.07 Å². The van der Waals surface area contributed by atoms with Gasteiger partial charge < -0.3 is 5.73 Å². The second kappa shape index (κ2) is 3.09. The van der Waals surface area contributed by atoms with E-state index in [0.29, 0.717) is 18.2 Å². The van der Waals surface area contributed by atoms with Crippen LogP contribution in [-0.4, -0.2) is 9.78 Å². The van der Waals surface area contributed by atoms with Crippen molar-refractivity contribution in [2.24, 2.45) is 5.92 Å². The molecule has 1 aliphatic rings. The lowest BCUT2D eigenvalue weighted by atomic mass is 10.1. The topological polar surface area (TPSA) is 67.6 Å². The Hall–Kier alpha value is -1.50. The normalized spacial score (nSPS) is 18.1. The predicted molar refractivity (Wildman–Crippen MR) is 48.6 cm³/mol. The molecule has 0 amide bonds. The van der Waals surface area contributed by atoms with Crippen LogP contribution >= 0.6 is 0 Å². The molecule has 1 fully saturated rings. The minimum Gasteiger partial charge on any atom is -0.382 e. The number of rotatable bonds is 3. The Morgan fingerprint density at radius 3 is 3.00 bits per heavy atom. The van der Waals surface area contributed by atoms with Crippen molar-refractivity contribution in [3.63, 3.8) is 0 Å². The van der Waals surface area contributed by atoms with Crippen molar-refractivity contribution in [1.82, 2.24) is 9.78 Å². The molecule has 1 saturated carbocycles. The summed E-state index contributed by atoms with van der Waals surface area (Å²) in [5.41, 5.74) is 5.52. The number of anilines is 1. The Kier molecular flexibility index (Phi) is 1.93. The van der Waals surface area contributed by atoms with E-state index in [-0.39, 0.29) is 6.04 Å². The highest BCUT2D eigenvalue weighted by Gasteiger charge is 2.32. The SMILES string of the molecule is N#CCC(C1CC1)n1ccc(N)n1. The van der Waals surface area contributed by atoms with Gasteiger partial charge in [0.25, 0.3) is 0 Å². The van der Waals surface area contributed by atoms with E-state index in [1.807, 2.05) is 10.9 Å². The van der Waals surface area contributed by atoms with Gasteiger partial charge in [0.05, 0.1) is 18.5 Å². The average molecular weight is 176 g/mol. The van der Waals surface area contributed by atoms with Crippen LogP contribution in [0.4, 0.5) is 5.82 Å². The van der Waals surface area contributed by atoms with Crippen molar-refractivity contribution >= 4 is 5.82 Å². The zero-order valence-electron chi connectivity index (χ0n) is 7.35. The molecule has 4 heteroatoms.